The van der Waals surface area contributed by atoms with E-state index in [0.717, 1.165) is 24.4 Å². The van der Waals surface area contributed by atoms with Gasteiger partial charge >= 0.3 is 0 Å². The van der Waals surface area contributed by atoms with Crippen LogP contribution in [0.5, 0.6) is 0 Å². The van der Waals surface area contributed by atoms with Crippen LogP contribution in [0, 0.1) is 11.8 Å². The summed E-state index contributed by atoms with van der Waals surface area (Å²) in [5, 5.41) is 2.18. The van der Waals surface area contributed by atoms with Crippen LogP contribution < -0.4 is 0 Å². The minimum Gasteiger partial charge on any atom is -0.306 e. The molecule has 3 nitrogen and oxygen atoms in total. The molecule has 94 valence electrons. The van der Waals surface area contributed by atoms with Crippen molar-refractivity contribution >= 4 is 11.3 Å². The molecule has 3 atom stereocenters. The molecule has 0 spiro atoms. The second kappa shape index (κ2) is 4.67. The Morgan fingerprint density at radius 2 is 2.06 bits per heavy atom. The van der Waals surface area contributed by atoms with E-state index in [-0.39, 0.29) is 0 Å². The maximum atomic E-state index is 4.40. The smallest absolute Gasteiger partial charge is 0.0795 e. The molecule has 1 aliphatic carbocycles. The normalized spacial score (nSPS) is 33.5. The van der Waals surface area contributed by atoms with Crippen molar-refractivity contribution in [3.63, 3.8) is 0 Å². The lowest BCUT2D eigenvalue weighted by atomic mass is 9.91. The van der Waals surface area contributed by atoms with Gasteiger partial charge in [-0.2, -0.15) is 0 Å². The molecule has 0 radical (unpaired) electrons. The Hall–Kier alpha value is -0.450. The van der Waals surface area contributed by atoms with E-state index in [2.05, 4.69) is 34.3 Å². The maximum Gasteiger partial charge on any atom is 0.0795 e. The first-order valence-corrected chi connectivity index (χ1v) is 7.44. The largest absolute Gasteiger partial charge is 0.306 e. The van der Waals surface area contributed by atoms with Crippen LogP contribution in [0.25, 0.3) is 0 Å². The minimum absolute atomic E-state index is 0.821. The highest BCUT2D eigenvalue weighted by Crippen LogP contribution is 2.39. The average molecular weight is 251 g/mol. The molecule has 1 aromatic heterocycles. The molecule has 3 rings (SSSR count). The number of piperidine rings is 1. The molecule has 4 heteroatoms. The van der Waals surface area contributed by atoms with Crippen molar-refractivity contribution < 1.29 is 0 Å². The Kier molecular flexibility index (Phi) is 3.19. The molecule has 0 amide bonds. The van der Waals surface area contributed by atoms with Gasteiger partial charge in [0, 0.05) is 31.1 Å². The third-order valence-electron chi connectivity index (χ3n) is 4.32. The Morgan fingerprint density at radius 1 is 1.35 bits per heavy atom. The highest BCUT2D eigenvalue weighted by Gasteiger charge is 2.42. The molecule has 2 bridgehead atoms. The van der Waals surface area contributed by atoms with E-state index in [1.807, 2.05) is 5.51 Å². The molecular formula is C13H21N3S. The molecular weight excluding hydrogens is 230 g/mol. The van der Waals surface area contributed by atoms with Crippen LogP contribution >= 0.6 is 11.3 Å². The second-order valence-electron chi connectivity index (χ2n) is 5.73. The second-order valence-corrected chi connectivity index (χ2v) is 6.44. The summed E-state index contributed by atoms with van der Waals surface area (Å²) in [6.45, 7) is 3.57. The fraction of sp³-hybridized carbons (Fsp3) is 0.769. The molecule has 1 aliphatic heterocycles. The Morgan fingerprint density at radius 3 is 2.59 bits per heavy atom. The lowest BCUT2D eigenvalue weighted by Crippen LogP contribution is -2.50. The predicted octanol–water partition coefficient (Wildman–Crippen LogP) is 1.92. The minimum atomic E-state index is 0.821. The fourth-order valence-electron chi connectivity index (χ4n) is 3.81. The molecule has 1 aromatic rings. The SMILES string of the molecule is CN(C)C1[C@@H]2CC[C@H]1CN(Cc1cscn1)C2. The van der Waals surface area contributed by atoms with Crippen molar-refractivity contribution in [1.82, 2.24) is 14.8 Å². The van der Waals surface area contributed by atoms with Gasteiger partial charge in [0.1, 0.15) is 0 Å². The predicted molar refractivity (Wildman–Crippen MR) is 71.1 cm³/mol. The van der Waals surface area contributed by atoms with Crippen LogP contribution in [-0.4, -0.2) is 48.0 Å². The van der Waals surface area contributed by atoms with E-state index in [1.165, 1.54) is 31.6 Å². The summed E-state index contributed by atoms with van der Waals surface area (Å²) in [5.74, 6) is 1.75. The van der Waals surface area contributed by atoms with E-state index in [4.69, 9.17) is 0 Å². The zero-order valence-electron chi connectivity index (χ0n) is 10.7. The number of thiazole rings is 1. The van der Waals surface area contributed by atoms with Gasteiger partial charge in [0.05, 0.1) is 11.2 Å². The van der Waals surface area contributed by atoms with Gasteiger partial charge in [0.15, 0.2) is 0 Å². The standard InChI is InChI=1S/C13H21N3S/c1-15(2)13-10-3-4-11(13)6-16(5-10)7-12-8-17-9-14-12/h8-11,13H,3-7H2,1-2H3/t10-,11+,13?. The molecule has 1 unspecified atom stereocenters. The van der Waals surface area contributed by atoms with Crippen LogP contribution in [0.1, 0.15) is 18.5 Å². The van der Waals surface area contributed by atoms with Crippen molar-refractivity contribution in [3.05, 3.63) is 16.6 Å². The first kappa shape index (κ1) is 11.6. The topological polar surface area (TPSA) is 19.4 Å². The van der Waals surface area contributed by atoms with Gasteiger partial charge in [-0.15, -0.1) is 11.3 Å². The molecule has 0 N–H and O–H groups in total. The summed E-state index contributed by atoms with van der Waals surface area (Å²) in [4.78, 5) is 9.46. The Bertz CT molecular complexity index is 349. The van der Waals surface area contributed by atoms with Crippen molar-refractivity contribution in [2.45, 2.75) is 25.4 Å². The molecule has 17 heavy (non-hydrogen) atoms. The van der Waals surface area contributed by atoms with Crippen molar-refractivity contribution in [3.8, 4) is 0 Å². The van der Waals surface area contributed by atoms with Gasteiger partial charge in [0.25, 0.3) is 0 Å². The van der Waals surface area contributed by atoms with Crippen LogP contribution in [-0.2, 0) is 6.54 Å². The Labute approximate surface area is 107 Å². The summed E-state index contributed by atoms with van der Waals surface area (Å²) in [7, 11) is 4.48. The molecule has 1 saturated heterocycles. The fourth-order valence-corrected chi connectivity index (χ4v) is 4.36. The quantitative estimate of drug-likeness (QED) is 0.818. The number of hydrogen-bond donors (Lipinski definition) is 0. The van der Waals surface area contributed by atoms with Crippen LogP contribution in [0.15, 0.2) is 10.9 Å². The van der Waals surface area contributed by atoms with Crippen molar-refractivity contribution in [2.24, 2.45) is 11.8 Å². The third-order valence-corrected chi connectivity index (χ3v) is 4.96. The summed E-state index contributed by atoms with van der Waals surface area (Å²) in [6, 6.07) is 0.821. The number of likely N-dealkylation sites (tertiary alicyclic amines) is 1. The molecule has 2 aliphatic rings. The number of hydrogen-bond acceptors (Lipinski definition) is 4. The maximum absolute atomic E-state index is 4.40. The van der Waals surface area contributed by atoms with Crippen molar-refractivity contribution in [2.75, 3.05) is 27.2 Å². The van der Waals surface area contributed by atoms with Crippen LogP contribution in [0.3, 0.4) is 0 Å². The first-order chi connectivity index (χ1) is 8.24. The van der Waals surface area contributed by atoms with Gasteiger partial charge in [-0.25, -0.2) is 4.98 Å². The van der Waals surface area contributed by atoms with Crippen molar-refractivity contribution in [1.29, 1.82) is 0 Å². The van der Waals surface area contributed by atoms with E-state index >= 15 is 0 Å². The number of rotatable bonds is 3. The first-order valence-electron chi connectivity index (χ1n) is 6.50. The molecule has 2 fully saturated rings. The highest BCUT2D eigenvalue weighted by molar-refractivity contribution is 7.07. The zero-order valence-corrected chi connectivity index (χ0v) is 11.5. The number of fused-ring (bicyclic) bond motifs is 2. The summed E-state index contributed by atoms with van der Waals surface area (Å²) >= 11 is 1.70. The number of aromatic nitrogens is 1. The van der Waals surface area contributed by atoms with E-state index in [9.17, 15) is 0 Å². The van der Waals surface area contributed by atoms with E-state index in [1.54, 1.807) is 11.3 Å². The van der Waals surface area contributed by atoms with Gasteiger partial charge in [0.2, 0.25) is 0 Å². The highest BCUT2D eigenvalue weighted by atomic mass is 32.1. The number of nitrogens with zero attached hydrogens (tertiary/aromatic N) is 3. The monoisotopic (exact) mass is 251 g/mol. The van der Waals surface area contributed by atoms with Gasteiger partial charge in [-0.3, -0.25) is 4.90 Å². The lowest BCUT2D eigenvalue weighted by Gasteiger charge is -2.41. The van der Waals surface area contributed by atoms with Crippen LogP contribution in [0.4, 0.5) is 0 Å². The van der Waals surface area contributed by atoms with Gasteiger partial charge in [-0.1, -0.05) is 0 Å². The Balaban J connectivity index is 1.65. The van der Waals surface area contributed by atoms with Gasteiger partial charge < -0.3 is 4.90 Å². The molecule has 1 saturated carbocycles. The lowest BCUT2D eigenvalue weighted by molar-refractivity contribution is 0.0708. The average Bonchev–Trinajstić information content (AvgIpc) is 2.86. The summed E-state index contributed by atoms with van der Waals surface area (Å²) in [5.41, 5.74) is 3.19. The van der Waals surface area contributed by atoms with Gasteiger partial charge in [-0.05, 0) is 38.8 Å². The molecule has 0 aromatic carbocycles. The van der Waals surface area contributed by atoms with Crippen LogP contribution in [0.2, 0.25) is 0 Å². The van der Waals surface area contributed by atoms with E-state index < -0.39 is 0 Å². The summed E-state index contributed by atoms with van der Waals surface area (Å²) < 4.78 is 0. The van der Waals surface area contributed by atoms with E-state index in [0.29, 0.717) is 0 Å². The molecule has 2 heterocycles. The zero-order chi connectivity index (χ0) is 11.8. The summed E-state index contributed by atoms with van der Waals surface area (Å²) in [6.07, 6.45) is 2.84. The third kappa shape index (κ3) is 2.26.